The highest BCUT2D eigenvalue weighted by Gasteiger charge is 2.12. The summed E-state index contributed by atoms with van der Waals surface area (Å²) in [7, 11) is 0. The van der Waals surface area contributed by atoms with Gasteiger partial charge in [0.25, 0.3) is 0 Å². The molecule has 0 amide bonds. The van der Waals surface area contributed by atoms with Crippen LogP contribution in [0.1, 0.15) is 18.5 Å². The molecule has 19 heavy (non-hydrogen) atoms. The number of phenolic OH excluding ortho intramolecular Hbond substituents is 1. The summed E-state index contributed by atoms with van der Waals surface area (Å²) in [4.78, 5) is 0. The second kappa shape index (κ2) is 5.80. The van der Waals surface area contributed by atoms with Gasteiger partial charge in [0.2, 0.25) is 0 Å². The lowest BCUT2D eigenvalue weighted by atomic mass is 10.1. The number of aromatic hydroxyl groups is 1. The Morgan fingerprint density at radius 3 is 2.63 bits per heavy atom. The van der Waals surface area contributed by atoms with E-state index in [0.717, 1.165) is 16.2 Å². The molecular weight excluding hydrogens is 333 g/mol. The van der Waals surface area contributed by atoms with Gasteiger partial charge in [-0.1, -0.05) is 33.6 Å². The summed E-state index contributed by atoms with van der Waals surface area (Å²) in [6.45, 7) is 1.83. The molecule has 0 saturated carbocycles. The van der Waals surface area contributed by atoms with Crippen molar-refractivity contribution in [2.24, 2.45) is 0 Å². The third-order valence-corrected chi connectivity index (χ3v) is 3.56. The maximum absolute atomic E-state index is 13.7. The molecular formula is C14H12BrClFNO. The molecule has 2 aromatic carbocycles. The van der Waals surface area contributed by atoms with E-state index in [1.165, 1.54) is 6.07 Å². The summed E-state index contributed by atoms with van der Waals surface area (Å²) in [5, 5.41) is 12.9. The average molecular weight is 345 g/mol. The van der Waals surface area contributed by atoms with Gasteiger partial charge in [-0.2, -0.15) is 0 Å². The van der Waals surface area contributed by atoms with E-state index in [4.69, 9.17) is 11.6 Å². The molecule has 5 heteroatoms. The number of rotatable bonds is 3. The molecule has 2 nitrogen and oxygen atoms in total. The first-order chi connectivity index (χ1) is 8.97. The predicted molar refractivity (Wildman–Crippen MR) is 79.3 cm³/mol. The van der Waals surface area contributed by atoms with Crippen LogP contribution in [0, 0.1) is 5.82 Å². The standard InChI is InChI=1S/C14H12BrClFNO/c1-8(11-4-3-10(19)7-13(11)17)18-14-5-2-9(15)6-12(14)16/h2-8,18-19H,1H3. The van der Waals surface area contributed by atoms with Gasteiger partial charge in [-0.3, -0.25) is 0 Å². The van der Waals surface area contributed by atoms with Crippen molar-refractivity contribution >= 4 is 33.2 Å². The second-order valence-electron chi connectivity index (χ2n) is 4.20. The fraction of sp³-hybridized carbons (Fsp3) is 0.143. The third kappa shape index (κ3) is 3.39. The molecule has 2 aromatic rings. The summed E-state index contributed by atoms with van der Waals surface area (Å²) >= 11 is 9.43. The number of hydrogen-bond donors (Lipinski definition) is 2. The van der Waals surface area contributed by atoms with Crippen molar-refractivity contribution < 1.29 is 9.50 Å². The Hall–Kier alpha value is -1.26. The van der Waals surface area contributed by atoms with Crippen LogP contribution in [-0.2, 0) is 0 Å². The Labute approximate surface area is 124 Å². The van der Waals surface area contributed by atoms with E-state index < -0.39 is 5.82 Å². The molecule has 0 radical (unpaired) electrons. The first-order valence-electron chi connectivity index (χ1n) is 5.67. The van der Waals surface area contributed by atoms with Crippen LogP contribution >= 0.6 is 27.5 Å². The first-order valence-corrected chi connectivity index (χ1v) is 6.84. The summed E-state index contributed by atoms with van der Waals surface area (Å²) in [6, 6.07) is 9.28. The van der Waals surface area contributed by atoms with Crippen molar-refractivity contribution in [3.63, 3.8) is 0 Å². The van der Waals surface area contributed by atoms with Crippen molar-refractivity contribution in [1.82, 2.24) is 0 Å². The molecule has 2 rings (SSSR count). The molecule has 0 fully saturated rings. The highest BCUT2D eigenvalue weighted by atomic mass is 79.9. The van der Waals surface area contributed by atoms with Crippen LogP contribution in [0.5, 0.6) is 5.75 Å². The maximum atomic E-state index is 13.7. The predicted octanol–water partition coefficient (Wildman–Crippen LogP) is 5.12. The van der Waals surface area contributed by atoms with Gasteiger partial charge >= 0.3 is 0 Å². The number of nitrogens with one attached hydrogen (secondary N) is 1. The van der Waals surface area contributed by atoms with E-state index in [2.05, 4.69) is 21.2 Å². The molecule has 0 heterocycles. The van der Waals surface area contributed by atoms with Gasteiger partial charge in [0.1, 0.15) is 11.6 Å². The van der Waals surface area contributed by atoms with Crippen LogP contribution in [0.2, 0.25) is 5.02 Å². The summed E-state index contributed by atoms with van der Waals surface area (Å²) in [6.07, 6.45) is 0. The van der Waals surface area contributed by atoms with Gasteiger partial charge < -0.3 is 10.4 Å². The summed E-state index contributed by atoms with van der Waals surface area (Å²) < 4.78 is 14.6. The minimum atomic E-state index is -0.451. The Bertz CT molecular complexity index is 606. The summed E-state index contributed by atoms with van der Waals surface area (Å²) in [5.41, 5.74) is 1.20. The minimum absolute atomic E-state index is 0.0878. The van der Waals surface area contributed by atoms with E-state index in [9.17, 15) is 9.50 Å². The molecule has 0 spiro atoms. The minimum Gasteiger partial charge on any atom is -0.508 e. The van der Waals surface area contributed by atoms with Gasteiger partial charge in [0.05, 0.1) is 16.8 Å². The number of halogens is 3. The normalized spacial score (nSPS) is 12.2. The molecule has 0 aliphatic carbocycles. The van der Waals surface area contributed by atoms with Crippen LogP contribution in [0.4, 0.5) is 10.1 Å². The maximum Gasteiger partial charge on any atom is 0.132 e. The van der Waals surface area contributed by atoms with E-state index in [-0.39, 0.29) is 11.8 Å². The highest BCUT2D eigenvalue weighted by Crippen LogP contribution is 2.30. The Kier molecular flexibility index (Phi) is 4.32. The topological polar surface area (TPSA) is 32.3 Å². The quantitative estimate of drug-likeness (QED) is 0.810. The van der Waals surface area contributed by atoms with Crippen LogP contribution in [0.3, 0.4) is 0 Å². The van der Waals surface area contributed by atoms with Gasteiger partial charge in [-0.15, -0.1) is 0 Å². The molecule has 0 bridgehead atoms. The highest BCUT2D eigenvalue weighted by molar-refractivity contribution is 9.10. The van der Waals surface area contributed by atoms with Crippen molar-refractivity contribution in [2.45, 2.75) is 13.0 Å². The molecule has 0 saturated heterocycles. The van der Waals surface area contributed by atoms with Crippen molar-refractivity contribution in [3.05, 3.63) is 57.3 Å². The molecule has 2 N–H and O–H groups in total. The largest absolute Gasteiger partial charge is 0.508 e. The summed E-state index contributed by atoms with van der Waals surface area (Å²) in [5.74, 6) is -0.539. The lowest BCUT2D eigenvalue weighted by Gasteiger charge is -2.17. The van der Waals surface area contributed by atoms with Gasteiger partial charge in [-0.25, -0.2) is 4.39 Å². The van der Waals surface area contributed by atoms with Crippen LogP contribution in [0.15, 0.2) is 40.9 Å². The zero-order valence-electron chi connectivity index (χ0n) is 10.1. The smallest absolute Gasteiger partial charge is 0.132 e. The lowest BCUT2D eigenvalue weighted by Crippen LogP contribution is -2.08. The Balaban J connectivity index is 2.23. The number of anilines is 1. The Morgan fingerprint density at radius 1 is 1.26 bits per heavy atom. The zero-order valence-corrected chi connectivity index (χ0v) is 12.5. The fourth-order valence-corrected chi connectivity index (χ4v) is 2.51. The van der Waals surface area contributed by atoms with Crippen molar-refractivity contribution in [2.75, 3.05) is 5.32 Å². The molecule has 1 atom stereocenters. The van der Waals surface area contributed by atoms with Gasteiger partial charge in [-0.05, 0) is 31.2 Å². The zero-order chi connectivity index (χ0) is 14.0. The van der Waals surface area contributed by atoms with E-state index in [1.54, 1.807) is 12.1 Å². The van der Waals surface area contributed by atoms with E-state index in [0.29, 0.717) is 10.6 Å². The Morgan fingerprint density at radius 2 is 2.00 bits per heavy atom. The molecule has 0 aliphatic rings. The average Bonchev–Trinajstić information content (AvgIpc) is 2.32. The van der Waals surface area contributed by atoms with Gasteiger partial charge in [0.15, 0.2) is 0 Å². The molecule has 0 aromatic heterocycles. The molecule has 1 unspecified atom stereocenters. The monoisotopic (exact) mass is 343 g/mol. The number of phenols is 1. The number of benzene rings is 2. The molecule has 100 valence electrons. The van der Waals surface area contributed by atoms with Gasteiger partial charge in [0, 0.05) is 16.1 Å². The SMILES string of the molecule is CC(Nc1ccc(Br)cc1Cl)c1ccc(O)cc1F. The third-order valence-electron chi connectivity index (χ3n) is 2.75. The fourth-order valence-electron chi connectivity index (χ4n) is 1.78. The van der Waals surface area contributed by atoms with Crippen LogP contribution in [0.25, 0.3) is 0 Å². The number of hydrogen-bond acceptors (Lipinski definition) is 2. The first kappa shape index (κ1) is 14.2. The van der Waals surface area contributed by atoms with Crippen molar-refractivity contribution in [1.29, 1.82) is 0 Å². The van der Waals surface area contributed by atoms with Crippen LogP contribution in [-0.4, -0.2) is 5.11 Å². The lowest BCUT2D eigenvalue weighted by molar-refractivity contribution is 0.467. The van der Waals surface area contributed by atoms with E-state index >= 15 is 0 Å². The molecule has 0 aliphatic heterocycles. The van der Waals surface area contributed by atoms with Crippen molar-refractivity contribution in [3.8, 4) is 5.75 Å². The van der Waals surface area contributed by atoms with E-state index in [1.807, 2.05) is 19.1 Å². The van der Waals surface area contributed by atoms with Crippen LogP contribution < -0.4 is 5.32 Å². The second-order valence-corrected chi connectivity index (χ2v) is 5.52.